The first kappa shape index (κ1) is 18.9. The topological polar surface area (TPSA) is 77.1 Å². The molecule has 2 aliphatic heterocycles. The lowest BCUT2D eigenvalue weighted by atomic mass is 10.0. The number of benzene rings is 2. The molecule has 0 saturated carbocycles. The summed E-state index contributed by atoms with van der Waals surface area (Å²) in [6.45, 7) is 3.22. The van der Waals surface area contributed by atoms with Crippen LogP contribution in [0.4, 0.5) is 11.4 Å². The van der Waals surface area contributed by atoms with Crippen molar-refractivity contribution in [2.24, 2.45) is 0 Å². The van der Waals surface area contributed by atoms with E-state index in [1.807, 2.05) is 18.2 Å². The molecule has 28 heavy (non-hydrogen) atoms. The third kappa shape index (κ3) is 3.88. The summed E-state index contributed by atoms with van der Waals surface area (Å²) in [6.07, 6.45) is 2.08. The molecule has 0 unspecified atom stereocenters. The average Bonchev–Trinajstić information content (AvgIpc) is 2.71. The third-order valence-corrected chi connectivity index (χ3v) is 6.32. The number of methoxy groups -OCH3 is 1. The zero-order valence-corrected chi connectivity index (χ0v) is 16.6. The molecule has 4 rings (SSSR count). The Kier molecular flexibility index (Phi) is 5.32. The number of sulfonamides is 1. The van der Waals surface area contributed by atoms with E-state index in [2.05, 4.69) is 9.62 Å². The van der Waals surface area contributed by atoms with Crippen LogP contribution in [0, 0.1) is 0 Å². The third-order valence-electron chi connectivity index (χ3n) is 4.94. The van der Waals surface area contributed by atoms with Crippen molar-refractivity contribution >= 4 is 21.4 Å². The molecule has 150 valence electrons. The SMILES string of the molecule is COCCN1CCCc2ccc(NS(=O)(=O)c3ccc4c(c3)OCCO4)cc21. The van der Waals surface area contributed by atoms with E-state index in [1.54, 1.807) is 13.2 Å². The van der Waals surface area contributed by atoms with Gasteiger partial charge in [0.15, 0.2) is 11.5 Å². The highest BCUT2D eigenvalue weighted by Gasteiger charge is 2.21. The quantitative estimate of drug-likeness (QED) is 0.798. The molecular formula is C20H24N2O5S. The standard InChI is InChI=1S/C20H24N2O5S/c1-25-10-9-22-8-2-3-15-4-5-16(13-18(15)22)21-28(23,24)17-6-7-19-20(14-17)27-12-11-26-19/h4-7,13-14,21H,2-3,8-12H2,1H3. The number of anilines is 2. The van der Waals surface area contributed by atoms with Gasteiger partial charge >= 0.3 is 0 Å². The molecule has 0 aromatic heterocycles. The van der Waals surface area contributed by atoms with Crippen LogP contribution < -0.4 is 19.1 Å². The first-order chi connectivity index (χ1) is 13.6. The first-order valence-electron chi connectivity index (χ1n) is 9.36. The van der Waals surface area contributed by atoms with Crippen LogP contribution in [-0.4, -0.2) is 48.4 Å². The van der Waals surface area contributed by atoms with Crippen molar-refractivity contribution in [3.8, 4) is 11.5 Å². The lowest BCUT2D eigenvalue weighted by Gasteiger charge is -2.31. The van der Waals surface area contributed by atoms with Crippen molar-refractivity contribution in [3.63, 3.8) is 0 Å². The van der Waals surface area contributed by atoms with Gasteiger partial charge in [-0.3, -0.25) is 4.72 Å². The van der Waals surface area contributed by atoms with E-state index < -0.39 is 10.0 Å². The van der Waals surface area contributed by atoms with Gasteiger partial charge in [-0.15, -0.1) is 0 Å². The van der Waals surface area contributed by atoms with Gasteiger partial charge in [0, 0.05) is 32.0 Å². The molecule has 0 bridgehead atoms. The zero-order chi connectivity index (χ0) is 19.6. The van der Waals surface area contributed by atoms with Crippen LogP contribution in [0.5, 0.6) is 11.5 Å². The normalized spacial score (nSPS) is 15.8. The number of hydrogen-bond acceptors (Lipinski definition) is 6. The van der Waals surface area contributed by atoms with Crippen LogP contribution in [0.2, 0.25) is 0 Å². The lowest BCUT2D eigenvalue weighted by Crippen LogP contribution is -2.32. The molecule has 0 aliphatic carbocycles. The maximum absolute atomic E-state index is 12.9. The molecule has 8 heteroatoms. The van der Waals surface area contributed by atoms with Crippen LogP contribution >= 0.6 is 0 Å². The van der Waals surface area contributed by atoms with E-state index in [0.29, 0.717) is 37.0 Å². The minimum atomic E-state index is -3.74. The van der Waals surface area contributed by atoms with Gasteiger partial charge in [-0.05, 0) is 42.7 Å². The van der Waals surface area contributed by atoms with Crippen molar-refractivity contribution in [3.05, 3.63) is 42.0 Å². The summed E-state index contributed by atoms with van der Waals surface area (Å²) < 4.78 is 44.6. The van der Waals surface area contributed by atoms with Gasteiger partial charge in [-0.1, -0.05) is 6.07 Å². The molecule has 0 fully saturated rings. The molecule has 2 heterocycles. The second-order valence-corrected chi connectivity index (χ2v) is 8.52. The fourth-order valence-electron chi connectivity index (χ4n) is 3.55. The number of rotatable bonds is 6. The fourth-order valence-corrected chi connectivity index (χ4v) is 4.62. The maximum atomic E-state index is 12.9. The minimum Gasteiger partial charge on any atom is -0.486 e. The van der Waals surface area contributed by atoms with Crippen molar-refractivity contribution < 1.29 is 22.6 Å². The van der Waals surface area contributed by atoms with E-state index in [1.165, 1.54) is 17.7 Å². The van der Waals surface area contributed by atoms with Crippen LogP contribution in [-0.2, 0) is 21.2 Å². The number of hydrogen-bond donors (Lipinski definition) is 1. The van der Waals surface area contributed by atoms with Crippen molar-refractivity contribution in [1.29, 1.82) is 0 Å². The molecule has 0 spiro atoms. The minimum absolute atomic E-state index is 0.144. The second-order valence-electron chi connectivity index (χ2n) is 6.84. The molecule has 1 N–H and O–H groups in total. The Labute approximate surface area is 165 Å². The van der Waals surface area contributed by atoms with Gasteiger partial charge in [-0.25, -0.2) is 8.42 Å². The monoisotopic (exact) mass is 404 g/mol. The predicted molar refractivity (Wildman–Crippen MR) is 107 cm³/mol. The molecule has 2 aromatic carbocycles. The highest BCUT2D eigenvalue weighted by molar-refractivity contribution is 7.92. The van der Waals surface area contributed by atoms with E-state index in [-0.39, 0.29) is 4.90 Å². The van der Waals surface area contributed by atoms with E-state index in [0.717, 1.165) is 31.6 Å². The van der Waals surface area contributed by atoms with Gasteiger partial charge in [0.05, 0.1) is 17.2 Å². The summed E-state index contributed by atoms with van der Waals surface area (Å²) in [5.41, 5.74) is 2.83. The number of nitrogens with zero attached hydrogens (tertiary/aromatic N) is 1. The van der Waals surface area contributed by atoms with Gasteiger partial charge in [0.1, 0.15) is 13.2 Å². The van der Waals surface area contributed by atoms with Crippen LogP contribution in [0.3, 0.4) is 0 Å². The summed E-state index contributed by atoms with van der Waals surface area (Å²) in [7, 11) is -2.05. The fraction of sp³-hybridized carbons (Fsp3) is 0.400. The van der Waals surface area contributed by atoms with Crippen LogP contribution in [0.15, 0.2) is 41.3 Å². The molecule has 0 atom stereocenters. The molecule has 0 radical (unpaired) electrons. The van der Waals surface area contributed by atoms with E-state index in [9.17, 15) is 8.42 Å². The largest absolute Gasteiger partial charge is 0.486 e. The highest BCUT2D eigenvalue weighted by atomic mass is 32.2. The summed E-state index contributed by atoms with van der Waals surface area (Å²) >= 11 is 0. The second kappa shape index (κ2) is 7.89. The van der Waals surface area contributed by atoms with E-state index in [4.69, 9.17) is 14.2 Å². The van der Waals surface area contributed by atoms with Crippen molar-refractivity contribution in [2.75, 3.05) is 49.6 Å². The zero-order valence-electron chi connectivity index (χ0n) is 15.8. The molecule has 2 aromatic rings. The lowest BCUT2D eigenvalue weighted by molar-refractivity contribution is 0.171. The molecule has 2 aliphatic rings. The highest BCUT2D eigenvalue weighted by Crippen LogP contribution is 2.34. The number of fused-ring (bicyclic) bond motifs is 2. The van der Waals surface area contributed by atoms with Crippen LogP contribution in [0.25, 0.3) is 0 Å². The van der Waals surface area contributed by atoms with E-state index >= 15 is 0 Å². The Balaban J connectivity index is 1.58. The molecule has 0 amide bonds. The Morgan fingerprint density at radius 1 is 1.11 bits per heavy atom. The van der Waals surface area contributed by atoms with Gasteiger partial charge in [0.25, 0.3) is 10.0 Å². The van der Waals surface area contributed by atoms with Gasteiger partial charge in [0.2, 0.25) is 0 Å². The summed E-state index contributed by atoms with van der Waals surface area (Å²) in [5, 5.41) is 0. The summed E-state index contributed by atoms with van der Waals surface area (Å²) in [6, 6.07) is 10.4. The number of nitrogens with one attached hydrogen (secondary N) is 1. The van der Waals surface area contributed by atoms with Crippen LogP contribution in [0.1, 0.15) is 12.0 Å². The summed E-state index contributed by atoms with van der Waals surface area (Å²) in [4.78, 5) is 2.38. The Morgan fingerprint density at radius 2 is 1.93 bits per heavy atom. The predicted octanol–water partition coefficient (Wildman–Crippen LogP) is 2.66. The van der Waals surface area contributed by atoms with Crippen molar-refractivity contribution in [2.45, 2.75) is 17.7 Å². The maximum Gasteiger partial charge on any atom is 0.262 e. The molecule has 7 nitrogen and oxygen atoms in total. The molecular weight excluding hydrogens is 380 g/mol. The Morgan fingerprint density at radius 3 is 2.75 bits per heavy atom. The number of aryl methyl sites for hydroxylation is 1. The Bertz CT molecular complexity index is 961. The Hall–Kier alpha value is -2.45. The molecule has 0 saturated heterocycles. The average molecular weight is 404 g/mol. The van der Waals surface area contributed by atoms with Gasteiger partial charge in [-0.2, -0.15) is 0 Å². The number of ether oxygens (including phenoxy) is 3. The smallest absolute Gasteiger partial charge is 0.262 e. The first-order valence-corrected chi connectivity index (χ1v) is 10.8. The van der Waals surface area contributed by atoms with Gasteiger partial charge < -0.3 is 19.1 Å². The van der Waals surface area contributed by atoms with Crippen molar-refractivity contribution in [1.82, 2.24) is 0 Å². The summed E-state index contributed by atoms with van der Waals surface area (Å²) in [5.74, 6) is 1.01.